The smallest absolute Gasteiger partial charge is 0.306 e. The first-order valence-electron chi connectivity index (χ1n) is 20.7. The van der Waals surface area contributed by atoms with Crippen molar-refractivity contribution < 1.29 is 50.5 Å². The minimum atomic E-state index is -0.592. The first kappa shape index (κ1) is 53.4. The topological polar surface area (TPSA) is 109 Å². The van der Waals surface area contributed by atoms with Crippen molar-refractivity contribution >= 4 is 38.0 Å². The Balaban J connectivity index is 0. The van der Waals surface area contributed by atoms with Gasteiger partial charge >= 0.3 is 11.9 Å². The van der Waals surface area contributed by atoms with E-state index >= 15 is 0 Å². The van der Waals surface area contributed by atoms with Gasteiger partial charge in [0.25, 0.3) is 0 Å². The maximum absolute atomic E-state index is 11.0. The Morgan fingerprint density at radius 2 is 0.692 bits per heavy atom. The quantitative estimate of drug-likeness (QED) is 0.142. The Kier molecular flexibility index (Phi) is 27.7. The normalized spacial score (nSPS) is 34.5. The van der Waals surface area contributed by atoms with Crippen LogP contribution in [0.1, 0.15) is 160 Å². The molecule has 306 valence electrons. The van der Waals surface area contributed by atoms with Crippen LogP contribution in [0.25, 0.3) is 0 Å². The van der Waals surface area contributed by atoms with Gasteiger partial charge in [-0.25, -0.2) is 0 Å². The number of thiol groups is 1. The first-order chi connectivity index (χ1) is 23.3. The maximum Gasteiger partial charge on any atom is 0.306 e. The van der Waals surface area contributed by atoms with E-state index < -0.39 is 11.9 Å². The van der Waals surface area contributed by atoms with Crippen LogP contribution in [0.2, 0.25) is 0 Å². The molecule has 0 spiro atoms. The molecule has 0 unspecified atom stereocenters. The third-order valence-electron chi connectivity index (χ3n) is 13.2. The Bertz CT molecular complexity index is 923. The van der Waals surface area contributed by atoms with E-state index in [0.717, 1.165) is 50.4 Å². The fourth-order valence-electron chi connectivity index (χ4n) is 9.84. The molecule has 12 atom stereocenters. The predicted octanol–water partition coefficient (Wildman–Crippen LogP) is 11.1. The second-order valence-electron chi connectivity index (χ2n) is 18.8. The zero-order valence-corrected chi connectivity index (χ0v) is 39.1. The summed E-state index contributed by atoms with van der Waals surface area (Å²) in [5, 5.41) is 18.2. The summed E-state index contributed by atoms with van der Waals surface area (Å²) in [5.41, 5.74) is 0. The van der Waals surface area contributed by atoms with Crippen molar-refractivity contribution in [2.75, 3.05) is 0 Å². The van der Waals surface area contributed by atoms with Gasteiger partial charge in [-0.3, -0.25) is 9.59 Å². The van der Waals surface area contributed by atoms with Crippen molar-refractivity contribution in [2.45, 2.75) is 160 Å². The molecule has 6 nitrogen and oxygen atoms in total. The van der Waals surface area contributed by atoms with Crippen LogP contribution in [-0.4, -0.2) is 34.7 Å². The van der Waals surface area contributed by atoms with Crippen molar-refractivity contribution in [3.63, 3.8) is 0 Å². The maximum atomic E-state index is 11.0. The third kappa shape index (κ3) is 18.3. The molecular weight excluding hydrogens is 840 g/mol. The second kappa shape index (κ2) is 27.0. The van der Waals surface area contributed by atoms with E-state index in [4.69, 9.17) is 10.2 Å². The van der Waals surface area contributed by atoms with Crippen LogP contribution >= 0.6 is 0 Å². The van der Waals surface area contributed by atoms with Crippen molar-refractivity contribution in [2.24, 2.45) is 94.7 Å². The van der Waals surface area contributed by atoms with E-state index in [1.54, 1.807) is 0 Å². The van der Waals surface area contributed by atoms with Crippen LogP contribution < -0.4 is 0 Å². The van der Waals surface area contributed by atoms with E-state index in [-0.39, 0.29) is 46.4 Å². The summed E-state index contributed by atoms with van der Waals surface area (Å²) in [6.07, 6.45) is 16.1. The Morgan fingerprint density at radius 1 is 0.462 bits per heavy atom. The standard InChI is InChI=1S/2C11H20O2.2C11H20O.H2S.W/c2*1-7(2)9-5-4-8(3)6-10(9)11(12)13;2*1-8(2)11-5-4-9(3)6-10(11)7-12;;/h2*7-10H,4-6H2,1-3H3,(H,12,13);2*7-11H,4-6H2,1-3H3;1H2;/p-1/t8-,9+,10+;8-,9+,10-;9-,10+,11+;9-,10-,11+;;/m1111../s1. The molecule has 8 heteroatoms. The number of carbonyl (C=O) groups is 4. The fraction of sp³-hybridized carbons (Fsp3) is 0.909. The molecule has 0 aromatic rings. The van der Waals surface area contributed by atoms with Gasteiger partial charge in [0, 0.05) is 32.9 Å². The van der Waals surface area contributed by atoms with Gasteiger partial charge in [0.2, 0.25) is 0 Å². The van der Waals surface area contributed by atoms with Crippen LogP contribution in [0.5, 0.6) is 0 Å². The van der Waals surface area contributed by atoms with E-state index in [9.17, 15) is 19.2 Å². The van der Waals surface area contributed by atoms with Crippen molar-refractivity contribution in [1.82, 2.24) is 0 Å². The summed E-state index contributed by atoms with van der Waals surface area (Å²) in [4.78, 5) is 43.7. The van der Waals surface area contributed by atoms with Gasteiger partial charge in [0.1, 0.15) is 12.6 Å². The van der Waals surface area contributed by atoms with E-state index in [2.05, 4.69) is 83.1 Å². The number of hydrogen-bond donors (Lipinski definition) is 2. The van der Waals surface area contributed by atoms with Gasteiger partial charge in [-0.15, -0.1) is 0 Å². The van der Waals surface area contributed by atoms with Crippen molar-refractivity contribution in [1.29, 1.82) is 0 Å². The van der Waals surface area contributed by atoms with Crippen molar-refractivity contribution in [3.8, 4) is 0 Å². The van der Waals surface area contributed by atoms with Crippen LogP contribution in [0.15, 0.2) is 0 Å². The molecule has 0 radical (unpaired) electrons. The number of carboxylic acid groups (broad SMARTS) is 2. The summed E-state index contributed by atoms with van der Waals surface area (Å²) >= 11 is 0. The molecule has 4 aliphatic carbocycles. The number of carboxylic acids is 2. The summed E-state index contributed by atoms with van der Waals surface area (Å²) in [6, 6.07) is 0. The monoisotopic (exact) mass is 922 g/mol. The Labute approximate surface area is 341 Å². The molecule has 52 heavy (non-hydrogen) atoms. The van der Waals surface area contributed by atoms with Crippen molar-refractivity contribution in [3.05, 3.63) is 0 Å². The number of hydrogen-bond acceptors (Lipinski definition) is 5. The number of aliphatic carboxylic acids is 2. The zero-order valence-electron chi connectivity index (χ0n) is 35.3. The molecule has 4 fully saturated rings. The summed E-state index contributed by atoms with van der Waals surface area (Å²) in [5.74, 6) is 6.48. The minimum Gasteiger partial charge on any atom is -0.813 e. The molecule has 4 aliphatic rings. The average molecular weight is 922 g/mol. The van der Waals surface area contributed by atoms with E-state index in [0.29, 0.717) is 71.0 Å². The first-order valence-corrected chi connectivity index (χ1v) is 20.7. The van der Waals surface area contributed by atoms with Crippen LogP contribution in [0.3, 0.4) is 0 Å². The SMILES string of the molecule is CC(C)[C@@H]1CC[C@@H](C)C[C@@H]1C(=O)O.CC(C)[C@@H]1CC[C@@H](C)C[C@@H]1C=O.CC(C)[C@@H]1CC[C@@H](C)C[C@H]1C(=O)O.CC(C)[C@@H]1CC[C@@H](C)C[C@H]1C=O.[SH-].[W]. The van der Waals surface area contributed by atoms with Gasteiger partial charge in [-0.05, 0) is 122 Å². The Morgan fingerprint density at radius 3 is 0.904 bits per heavy atom. The van der Waals surface area contributed by atoms with Crippen LogP contribution in [0, 0.1) is 94.7 Å². The van der Waals surface area contributed by atoms with Gasteiger partial charge < -0.3 is 33.3 Å². The van der Waals surface area contributed by atoms with Gasteiger partial charge in [-0.1, -0.05) is 109 Å². The molecule has 0 heterocycles. The van der Waals surface area contributed by atoms with Gasteiger partial charge in [0.05, 0.1) is 11.8 Å². The minimum absolute atomic E-state index is 0. The molecular formula is C44H81O6SW-. The molecule has 0 bridgehead atoms. The van der Waals surface area contributed by atoms with E-state index in [1.165, 1.54) is 51.1 Å². The van der Waals surface area contributed by atoms with E-state index in [1.807, 2.05) is 0 Å². The molecule has 0 aliphatic heterocycles. The number of rotatable bonds is 8. The zero-order chi connectivity index (χ0) is 38.3. The molecule has 0 aromatic carbocycles. The molecule has 2 N–H and O–H groups in total. The Hall–Kier alpha value is -0.682. The summed E-state index contributed by atoms with van der Waals surface area (Å²) in [6.45, 7) is 26.3. The largest absolute Gasteiger partial charge is 0.813 e. The third-order valence-corrected chi connectivity index (χ3v) is 13.2. The van der Waals surface area contributed by atoms with Gasteiger partial charge in [-0.2, -0.15) is 0 Å². The predicted molar refractivity (Wildman–Crippen MR) is 215 cm³/mol. The average Bonchev–Trinajstić information content (AvgIpc) is 3.04. The fourth-order valence-corrected chi connectivity index (χ4v) is 9.84. The summed E-state index contributed by atoms with van der Waals surface area (Å²) < 4.78 is 0. The van der Waals surface area contributed by atoms with Crippen LogP contribution in [0.4, 0.5) is 0 Å². The molecule has 4 saturated carbocycles. The molecule has 0 saturated heterocycles. The second-order valence-corrected chi connectivity index (χ2v) is 18.8. The molecule has 0 amide bonds. The number of carbonyl (C=O) groups excluding carboxylic acids is 2. The summed E-state index contributed by atoms with van der Waals surface area (Å²) in [7, 11) is 0. The van der Waals surface area contributed by atoms with Crippen LogP contribution in [-0.2, 0) is 53.7 Å². The number of aldehydes is 2. The van der Waals surface area contributed by atoms with Gasteiger partial charge in [0.15, 0.2) is 0 Å². The molecule has 0 aromatic heterocycles. The molecule has 4 rings (SSSR count).